The first-order valence-electron chi connectivity index (χ1n) is 7.94. The molecule has 6 heteroatoms. The molecule has 0 unspecified atom stereocenters. The van der Waals surface area contributed by atoms with Gasteiger partial charge in [-0.15, -0.1) is 0 Å². The zero-order chi connectivity index (χ0) is 15.2. The summed E-state index contributed by atoms with van der Waals surface area (Å²) in [6.45, 7) is 11.8. The fourth-order valence-electron chi connectivity index (χ4n) is 2.91. The molecule has 1 aromatic rings. The van der Waals surface area contributed by atoms with E-state index >= 15 is 0 Å². The van der Waals surface area contributed by atoms with Gasteiger partial charge >= 0.3 is 0 Å². The number of hydrogen-bond donors (Lipinski definition) is 0. The van der Waals surface area contributed by atoms with Crippen LogP contribution < -0.4 is 0 Å². The van der Waals surface area contributed by atoms with Gasteiger partial charge in [-0.2, -0.15) is 5.10 Å². The summed E-state index contributed by atoms with van der Waals surface area (Å²) < 4.78 is 2.07. The number of rotatable bonds is 6. The van der Waals surface area contributed by atoms with Gasteiger partial charge in [0.15, 0.2) is 0 Å². The van der Waals surface area contributed by atoms with E-state index < -0.39 is 0 Å². The normalized spacial score (nSPS) is 18.1. The molecular formula is C15H26BrClN4. The average molecular weight is 378 g/mol. The molecule has 0 aliphatic carbocycles. The highest BCUT2D eigenvalue weighted by atomic mass is 79.9. The molecule has 0 bridgehead atoms. The van der Waals surface area contributed by atoms with Crippen molar-refractivity contribution in [2.45, 2.75) is 39.8 Å². The van der Waals surface area contributed by atoms with Gasteiger partial charge in [0.1, 0.15) is 0 Å². The van der Waals surface area contributed by atoms with Crippen LogP contribution >= 0.6 is 27.5 Å². The van der Waals surface area contributed by atoms with Crippen LogP contribution in [0.1, 0.15) is 31.7 Å². The van der Waals surface area contributed by atoms with Gasteiger partial charge < -0.3 is 4.90 Å². The lowest BCUT2D eigenvalue weighted by Gasteiger charge is -2.21. The third kappa shape index (κ3) is 4.44. The van der Waals surface area contributed by atoms with Gasteiger partial charge in [-0.3, -0.25) is 9.58 Å². The third-order valence-corrected chi connectivity index (χ3v) is 4.94. The second-order valence-electron chi connectivity index (χ2n) is 5.54. The number of alkyl halides is 1. The van der Waals surface area contributed by atoms with E-state index in [4.69, 9.17) is 11.6 Å². The van der Waals surface area contributed by atoms with Crippen molar-refractivity contribution in [3.63, 3.8) is 0 Å². The molecule has 0 atom stereocenters. The van der Waals surface area contributed by atoms with Gasteiger partial charge in [-0.25, -0.2) is 0 Å². The van der Waals surface area contributed by atoms with Crippen molar-refractivity contribution in [1.82, 2.24) is 19.6 Å². The minimum absolute atomic E-state index is 0.876. The summed E-state index contributed by atoms with van der Waals surface area (Å²) in [5.41, 5.74) is 2.22. The monoisotopic (exact) mass is 376 g/mol. The molecule has 0 aromatic carbocycles. The molecule has 1 aliphatic rings. The zero-order valence-corrected chi connectivity index (χ0v) is 15.5. The molecule has 1 aromatic heterocycles. The molecule has 120 valence electrons. The molecular weight excluding hydrogens is 352 g/mol. The van der Waals surface area contributed by atoms with Crippen LogP contribution in [0.25, 0.3) is 0 Å². The van der Waals surface area contributed by atoms with Crippen molar-refractivity contribution < 1.29 is 0 Å². The van der Waals surface area contributed by atoms with E-state index in [-0.39, 0.29) is 0 Å². The first-order chi connectivity index (χ1) is 10.2. The number of aromatic nitrogens is 2. The molecule has 0 spiro atoms. The molecule has 1 aliphatic heterocycles. The fraction of sp³-hybridized carbons (Fsp3) is 0.800. The number of nitrogens with zero attached hydrogens (tertiary/aromatic N) is 4. The van der Waals surface area contributed by atoms with E-state index in [2.05, 4.69) is 49.4 Å². The van der Waals surface area contributed by atoms with Crippen molar-refractivity contribution in [3.8, 4) is 0 Å². The van der Waals surface area contributed by atoms with Gasteiger partial charge in [-0.1, -0.05) is 34.5 Å². The molecule has 1 fully saturated rings. The molecule has 0 amide bonds. The van der Waals surface area contributed by atoms with E-state index in [0.717, 1.165) is 61.7 Å². The van der Waals surface area contributed by atoms with Crippen LogP contribution in [0.15, 0.2) is 0 Å². The lowest BCUT2D eigenvalue weighted by Crippen LogP contribution is -2.32. The minimum atomic E-state index is 0.876. The largest absolute Gasteiger partial charge is 0.301 e. The van der Waals surface area contributed by atoms with Crippen LogP contribution in [-0.2, 0) is 19.5 Å². The summed E-state index contributed by atoms with van der Waals surface area (Å²) >= 11 is 10.1. The second kappa shape index (κ2) is 8.51. The van der Waals surface area contributed by atoms with Gasteiger partial charge in [0.25, 0.3) is 0 Å². The fourth-order valence-corrected chi connectivity index (χ4v) is 3.74. The minimum Gasteiger partial charge on any atom is -0.301 e. The molecule has 4 nitrogen and oxygen atoms in total. The summed E-state index contributed by atoms with van der Waals surface area (Å²) in [6.07, 6.45) is 2.13. The van der Waals surface area contributed by atoms with Crippen molar-refractivity contribution in [2.75, 3.05) is 38.1 Å². The van der Waals surface area contributed by atoms with E-state index in [1.807, 2.05) is 0 Å². The third-order valence-electron chi connectivity index (χ3n) is 4.15. The lowest BCUT2D eigenvalue weighted by atomic mass is 10.2. The summed E-state index contributed by atoms with van der Waals surface area (Å²) in [6, 6.07) is 0. The number of aryl methyl sites for hydroxylation is 2. The Balaban J connectivity index is 2.03. The predicted octanol–water partition coefficient (Wildman–Crippen LogP) is 3.02. The molecule has 1 saturated heterocycles. The van der Waals surface area contributed by atoms with Crippen molar-refractivity contribution in [3.05, 3.63) is 16.4 Å². The van der Waals surface area contributed by atoms with E-state index in [1.54, 1.807) is 0 Å². The van der Waals surface area contributed by atoms with E-state index in [1.165, 1.54) is 18.7 Å². The van der Waals surface area contributed by atoms with Crippen LogP contribution in [0.3, 0.4) is 0 Å². The summed E-state index contributed by atoms with van der Waals surface area (Å²) in [7, 11) is 0. The smallest absolute Gasteiger partial charge is 0.0863 e. The van der Waals surface area contributed by atoms with Gasteiger partial charge in [0.05, 0.1) is 16.4 Å². The van der Waals surface area contributed by atoms with Crippen LogP contribution in [0.5, 0.6) is 0 Å². The quantitative estimate of drug-likeness (QED) is 0.712. The highest BCUT2D eigenvalue weighted by molar-refractivity contribution is 9.09. The Bertz CT molecular complexity index is 449. The summed E-state index contributed by atoms with van der Waals surface area (Å²) in [5, 5.41) is 6.55. The van der Waals surface area contributed by atoms with Crippen LogP contribution in [0, 0.1) is 0 Å². The SMILES string of the molecule is CCc1nn(CC)c(CN2CCCN(CCBr)CC2)c1Cl. The Labute approximate surface area is 141 Å². The van der Waals surface area contributed by atoms with Crippen LogP contribution in [0.2, 0.25) is 5.02 Å². The van der Waals surface area contributed by atoms with Gasteiger partial charge in [0, 0.05) is 38.1 Å². The topological polar surface area (TPSA) is 24.3 Å². The van der Waals surface area contributed by atoms with E-state index in [0.29, 0.717) is 0 Å². The summed E-state index contributed by atoms with van der Waals surface area (Å²) in [4.78, 5) is 5.05. The zero-order valence-electron chi connectivity index (χ0n) is 13.1. The maximum Gasteiger partial charge on any atom is 0.0863 e. The lowest BCUT2D eigenvalue weighted by molar-refractivity contribution is 0.253. The second-order valence-corrected chi connectivity index (χ2v) is 6.71. The van der Waals surface area contributed by atoms with Crippen LogP contribution in [0.4, 0.5) is 0 Å². The average Bonchev–Trinajstić information content (AvgIpc) is 2.64. The van der Waals surface area contributed by atoms with Gasteiger partial charge in [-0.05, 0) is 32.9 Å². The van der Waals surface area contributed by atoms with Crippen LogP contribution in [-0.4, -0.2) is 57.6 Å². The maximum atomic E-state index is 6.52. The Morgan fingerprint density at radius 2 is 1.86 bits per heavy atom. The first-order valence-corrected chi connectivity index (χ1v) is 9.44. The van der Waals surface area contributed by atoms with Crippen molar-refractivity contribution in [2.24, 2.45) is 0 Å². The summed E-state index contributed by atoms with van der Waals surface area (Å²) in [5.74, 6) is 0. The molecule has 2 heterocycles. The Kier molecular flexibility index (Phi) is 6.99. The number of hydrogen-bond acceptors (Lipinski definition) is 3. The molecule has 0 saturated carbocycles. The molecule has 2 rings (SSSR count). The van der Waals surface area contributed by atoms with Crippen molar-refractivity contribution in [1.29, 1.82) is 0 Å². The molecule has 0 radical (unpaired) electrons. The Morgan fingerprint density at radius 3 is 2.52 bits per heavy atom. The Morgan fingerprint density at radius 1 is 1.14 bits per heavy atom. The highest BCUT2D eigenvalue weighted by Gasteiger charge is 2.19. The first kappa shape index (κ1) is 17.3. The molecule has 21 heavy (non-hydrogen) atoms. The maximum absolute atomic E-state index is 6.52. The highest BCUT2D eigenvalue weighted by Crippen LogP contribution is 2.23. The Hall–Kier alpha value is -0.100. The molecule has 0 N–H and O–H groups in total. The van der Waals surface area contributed by atoms with E-state index in [9.17, 15) is 0 Å². The number of halogens is 2. The predicted molar refractivity (Wildman–Crippen MR) is 92.4 cm³/mol. The standard InChI is InChI=1S/C15H26BrClN4/c1-3-13-15(17)14(21(4-2)18-13)12-20-8-5-7-19(9-6-16)10-11-20/h3-12H2,1-2H3. The van der Waals surface area contributed by atoms with Crippen molar-refractivity contribution >= 4 is 27.5 Å². The van der Waals surface area contributed by atoms with Gasteiger partial charge in [0.2, 0.25) is 0 Å².